The Labute approximate surface area is 144 Å². The lowest BCUT2D eigenvalue weighted by Gasteiger charge is -2.32. The lowest BCUT2D eigenvalue weighted by Crippen LogP contribution is -2.36. The van der Waals surface area contributed by atoms with Crippen molar-refractivity contribution in [3.05, 3.63) is 47.5 Å². The first kappa shape index (κ1) is 15.8. The van der Waals surface area contributed by atoms with Crippen molar-refractivity contribution in [2.75, 3.05) is 32.7 Å². The standard InChI is InChI=1S/C19H27N5/c1-2-5-16(6-3-1)9-13-23-12-4-7-17(15-23)19-22-21-18-8-10-20-11-14-24(18)19/h1-3,5-6,17,20H,4,7-15H2. The molecule has 1 atom stereocenters. The number of piperidine rings is 1. The zero-order valence-electron chi connectivity index (χ0n) is 14.3. The molecular formula is C19H27N5. The van der Waals surface area contributed by atoms with Crippen LogP contribution in [0.2, 0.25) is 0 Å². The molecular weight excluding hydrogens is 298 g/mol. The fourth-order valence-corrected chi connectivity index (χ4v) is 4.00. The lowest BCUT2D eigenvalue weighted by molar-refractivity contribution is 0.204. The number of rotatable bonds is 4. The van der Waals surface area contributed by atoms with E-state index in [2.05, 4.69) is 55.3 Å². The van der Waals surface area contributed by atoms with E-state index in [-0.39, 0.29) is 0 Å². The average molecular weight is 325 g/mol. The topological polar surface area (TPSA) is 46.0 Å². The van der Waals surface area contributed by atoms with Gasteiger partial charge in [-0.05, 0) is 31.4 Å². The van der Waals surface area contributed by atoms with E-state index in [1.807, 2.05) is 0 Å². The molecule has 1 aromatic heterocycles. The second-order valence-electron chi connectivity index (χ2n) is 7.00. The van der Waals surface area contributed by atoms with Crippen molar-refractivity contribution in [2.45, 2.75) is 38.1 Å². The Morgan fingerprint density at radius 1 is 1.08 bits per heavy atom. The van der Waals surface area contributed by atoms with Gasteiger partial charge in [-0.25, -0.2) is 0 Å². The fraction of sp³-hybridized carbons (Fsp3) is 0.579. The highest BCUT2D eigenvalue weighted by atomic mass is 15.3. The Balaban J connectivity index is 1.41. The third-order valence-electron chi connectivity index (χ3n) is 5.32. The van der Waals surface area contributed by atoms with Crippen LogP contribution in [0.25, 0.3) is 0 Å². The van der Waals surface area contributed by atoms with E-state index < -0.39 is 0 Å². The highest BCUT2D eigenvalue weighted by Gasteiger charge is 2.27. The summed E-state index contributed by atoms with van der Waals surface area (Å²) in [6, 6.07) is 10.8. The molecule has 128 valence electrons. The van der Waals surface area contributed by atoms with Gasteiger partial charge in [-0.2, -0.15) is 0 Å². The van der Waals surface area contributed by atoms with Gasteiger partial charge < -0.3 is 14.8 Å². The van der Waals surface area contributed by atoms with Crippen LogP contribution in [0.5, 0.6) is 0 Å². The summed E-state index contributed by atoms with van der Waals surface area (Å²) in [4.78, 5) is 2.61. The maximum Gasteiger partial charge on any atom is 0.137 e. The van der Waals surface area contributed by atoms with Gasteiger partial charge in [0.2, 0.25) is 0 Å². The summed E-state index contributed by atoms with van der Waals surface area (Å²) in [5.74, 6) is 2.92. The van der Waals surface area contributed by atoms with E-state index in [1.165, 1.54) is 30.8 Å². The second kappa shape index (κ2) is 7.45. The minimum Gasteiger partial charge on any atom is -0.315 e. The third kappa shape index (κ3) is 3.52. The van der Waals surface area contributed by atoms with E-state index in [0.29, 0.717) is 5.92 Å². The van der Waals surface area contributed by atoms with Gasteiger partial charge >= 0.3 is 0 Å². The maximum atomic E-state index is 4.57. The zero-order chi connectivity index (χ0) is 16.2. The molecule has 0 spiro atoms. The summed E-state index contributed by atoms with van der Waals surface area (Å²) in [5.41, 5.74) is 1.43. The van der Waals surface area contributed by atoms with Gasteiger partial charge in [0, 0.05) is 45.1 Å². The Hall–Kier alpha value is -1.72. The van der Waals surface area contributed by atoms with Crippen molar-refractivity contribution in [3.8, 4) is 0 Å². The number of nitrogens with zero attached hydrogens (tertiary/aromatic N) is 4. The highest BCUT2D eigenvalue weighted by molar-refractivity contribution is 5.15. The number of benzene rings is 1. The first-order valence-electron chi connectivity index (χ1n) is 9.29. The highest BCUT2D eigenvalue weighted by Crippen LogP contribution is 2.26. The molecule has 0 amide bonds. The predicted molar refractivity (Wildman–Crippen MR) is 95.2 cm³/mol. The van der Waals surface area contributed by atoms with Gasteiger partial charge in [0.25, 0.3) is 0 Å². The molecule has 0 aliphatic carbocycles. The number of hydrogen-bond donors (Lipinski definition) is 1. The average Bonchev–Trinajstić information content (AvgIpc) is 2.90. The van der Waals surface area contributed by atoms with E-state index in [0.717, 1.165) is 51.4 Å². The van der Waals surface area contributed by atoms with Crippen LogP contribution in [-0.4, -0.2) is 52.4 Å². The van der Waals surface area contributed by atoms with Crippen LogP contribution in [0.15, 0.2) is 30.3 Å². The van der Waals surface area contributed by atoms with Crippen LogP contribution in [0, 0.1) is 0 Å². The predicted octanol–water partition coefficient (Wildman–Crippen LogP) is 1.85. The monoisotopic (exact) mass is 325 g/mol. The largest absolute Gasteiger partial charge is 0.315 e. The van der Waals surface area contributed by atoms with Crippen LogP contribution in [-0.2, 0) is 19.4 Å². The smallest absolute Gasteiger partial charge is 0.137 e. The van der Waals surface area contributed by atoms with Crippen molar-refractivity contribution < 1.29 is 0 Å². The van der Waals surface area contributed by atoms with Gasteiger partial charge in [-0.1, -0.05) is 30.3 Å². The molecule has 0 radical (unpaired) electrons. The van der Waals surface area contributed by atoms with Gasteiger partial charge in [-0.3, -0.25) is 0 Å². The van der Waals surface area contributed by atoms with Gasteiger partial charge in [0.15, 0.2) is 0 Å². The minimum absolute atomic E-state index is 0.536. The van der Waals surface area contributed by atoms with Crippen LogP contribution < -0.4 is 5.32 Å². The van der Waals surface area contributed by atoms with E-state index in [9.17, 15) is 0 Å². The summed E-state index contributed by atoms with van der Waals surface area (Å²) in [5, 5.41) is 12.5. The SMILES string of the molecule is c1ccc(CCN2CCCC(c3nnc4n3CCNCC4)C2)cc1. The first-order valence-corrected chi connectivity index (χ1v) is 9.29. The molecule has 5 heteroatoms. The molecule has 0 saturated carbocycles. The molecule has 2 aromatic rings. The Morgan fingerprint density at radius 3 is 2.92 bits per heavy atom. The maximum absolute atomic E-state index is 4.57. The summed E-state index contributed by atoms with van der Waals surface area (Å²) >= 11 is 0. The Bertz CT molecular complexity index is 651. The summed E-state index contributed by atoms with van der Waals surface area (Å²) < 4.78 is 2.38. The summed E-state index contributed by atoms with van der Waals surface area (Å²) in [6.45, 7) is 6.54. The fourth-order valence-electron chi connectivity index (χ4n) is 4.00. The van der Waals surface area contributed by atoms with Gasteiger partial charge in [0.1, 0.15) is 11.6 Å². The molecule has 2 aliphatic rings. The molecule has 1 N–H and O–H groups in total. The molecule has 3 heterocycles. The lowest BCUT2D eigenvalue weighted by atomic mass is 9.96. The minimum atomic E-state index is 0.536. The van der Waals surface area contributed by atoms with Gasteiger partial charge in [-0.15, -0.1) is 10.2 Å². The van der Waals surface area contributed by atoms with Crippen molar-refractivity contribution in [2.24, 2.45) is 0 Å². The first-order chi connectivity index (χ1) is 11.9. The Kier molecular flexibility index (Phi) is 4.90. The molecule has 24 heavy (non-hydrogen) atoms. The third-order valence-corrected chi connectivity index (χ3v) is 5.32. The molecule has 1 aromatic carbocycles. The summed E-state index contributed by atoms with van der Waals surface area (Å²) in [7, 11) is 0. The van der Waals surface area contributed by atoms with Crippen LogP contribution >= 0.6 is 0 Å². The molecule has 1 saturated heterocycles. The van der Waals surface area contributed by atoms with Gasteiger partial charge in [0.05, 0.1) is 0 Å². The number of aromatic nitrogens is 3. The van der Waals surface area contributed by atoms with Crippen molar-refractivity contribution in [3.63, 3.8) is 0 Å². The number of fused-ring (bicyclic) bond motifs is 1. The molecule has 1 unspecified atom stereocenters. The van der Waals surface area contributed by atoms with E-state index in [4.69, 9.17) is 0 Å². The summed E-state index contributed by atoms with van der Waals surface area (Å²) in [6.07, 6.45) is 4.64. The number of hydrogen-bond acceptors (Lipinski definition) is 4. The van der Waals surface area contributed by atoms with Crippen LogP contribution in [0.3, 0.4) is 0 Å². The molecule has 5 nitrogen and oxygen atoms in total. The normalized spacial score (nSPS) is 22.1. The Morgan fingerprint density at radius 2 is 2.00 bits per heavy atom. The number of nitrogens with one attached hydrogen (secondary N) is 1. The van der Waals surface area contributed by atoms with Crippen molar-refractivity contribution in [1.82, 2.24) is 25.0 Å². The van der Waals surface area contributed by atoms with Crippen LogP contribution in [0.4, 0.5) is 0 Å². The zero-order valence-corrected chi connectivity index (χ0v) is 14.3. The number of likely N-dealkylation sites (tertiary alicyclic amines) is 1. The molecule has 2 aliphatic heterocycles. The quantitative estimate of drug-likeness (QED) is 0.932. The second-order valence-corrected chi connectivity index (χ2v) is 7.00. The molecule has 0 bridgehead atoms. The molecule has 1 fully saturated rings. The van der Waals surface area contributed by atoms with Crippen LogP contribution in [0.1, 0.15) is 36.0 Å². The van der Waals surface area contributed by atoms with Crippen molar-refractivity contribution >= 4 is 0 Å². The van der Waals surface area contributed by atoms with E-state index in [1.54, 1.807) is 0 Å². The van der Waals surface area contributed by atoms with Crippen molar-refractivity contribution in [1.29, 1.82) is 0 Å². The van der Waals surface area contributed by atoms with E-state index >= 15 is 0 Å². The molecule has 4 rings (SSSR count).